The number of hydrogen-bond acceptors (Lipinski definition) is 4. The van der Waals surface area contributed by atoms with E-state index in [0.717, 1.165) is 24.1 Å². The van der Waals surface area contributed by atoms with Crippen LogP contribution < -0.4 is 5.32 Å². The lowest BCUT2D eigenvalue weighted by atomic mass is 9.64. The smallest absolute Gasteiger partial charge is 0.233 e. The van der Waals surface area contributed by atoms with Crippen LogP contribution in [0.2, 0.25) is 0 Å². The standard InChI is InChI=1S/C20H22N2O2S/c1-18(2)19(3)9-10-20(18,11-15(19)23)16(24)22-17-21-14(12-25-17)13-7-5-4-6-8-13/h4-8,12H,9-11H2,1-3H3,(H,21,22,24). The van der Waals surface area contributed by atoms with Crippen molar-refractivity contribution in [2.24, 2.45) is 16.2 Å². The minimum atomic E-state index is -0.614. The molecule has 1 aromatic carbocycles. The molecule has 1 amide bonds. The van der Waals surface area contributed by atoms with E-state index in [0.29, 0.717) is 11.6 Å². The third-order valence-corrected chi connectivity index (χ3v) is 7.69. The number of Topliss-reactive ketones (excluding diaryl/α,β-unsaturated/α-hetero) is 1. The Morgan fingerprint density at radius 2 is 1.88 bits per heavy atom. The Kier molecular flexibility index (Phi) is 3.45. The van der Waals surface area contributed by atoms with Gasteiger partial charge in [-0.2, -0.15) is 0 Å². The van der Waals surface area contributed by atoms with E-state index in [4.69, 9.17) is 0 Å². The molecule has 0 saturated heterocycles. The lowest BCUT2D eigenvalue weighted by Gasteiger charge is -2.38. The number of ketones is 1. The number of carbonyl (C=O) groups is 2. The molecule has 2 saturated carbocycles. The fraction of sp³-hybridized carbons (Fsp3) is 0.450. The highest BCUT2D eigenvalue weighted by molar-refractivity contribution is 7.14. The average Bonchev–Trinajstić information content (AvgIpc) is 3.17. The summed E-state index contributed by atoms with van der Waals surface area (Å²) in [6.45, 7) is 6.16. The molecule has 4 nitrogen and oxygen atoms in total. The van der Waals surface area contributed by atoms with Crippen molar-refractivity contribution in [3.05, 3.63) is 35.7 Å². The first-order chi connectivity index (χ1) is 11.8. The molecule has 2 aliphatic rings. The number of anilines is 1. The van der Waals surface area contributed by atoms with E-state index in [1.54, 1.807) is 0 Å². The van der Waals surface area contributed by atoms with Crippen molar-refractivity contribution in [3.63, 3.8) is 0 Å². The highest BCUT2D eigenvalue weighted by Crippen LogP contribution is 2.70. The van der Waals surface area contributed by atoms with E-state index in [1.165, 1.54) is 11.3 Å². The predicted molar refractivity (Wildman–Crippen MR) is 99.4 cm³/mol. The molecule has 2 unspecified atom stereocenters. The van der Waals surface area contributed by atoms with Crippen LogP contribution in [0.5, 0.6) is 0 Å². The van der Waals surface area contributed by atoms with E-state index < -0.39 is 5.41 Å². The third kappa shape index (κ3) is 2.08. The number of thiazole rings is 1. The maximum absolute atomic E-state index is 13.1. The minimum Gasteiger partial charge on any atom is -0.301 e. The first-order valence-corrected chi connectivity index (χ1v) is 9.54. The normalized spacial score (nSPS) is 29.8. The van der Waals surface area contributed by atoms with Gasteiger partial charge in [0.25, 0.3) is 0 Å². The van der Waals surface area contributed by atoms with Gasteiger partial charge in [0, 0.05) is 22.8 Å². The van der Waals surface area contributed by atoms with Gasteiger partial charge in [0.05, 0.1) is 11.1 Å². The van der Waals surface area contributed by atoms with Gasteiger partial charge in [0.1, 0.15) is 5.78 Å². The van der Waals surface area contributed by atoms with Crippen molar-refractivity contribution in [3.8, 4) is 11.3 Å². The molecule has 25 heavy (non-hydrogen) atoms. The second kappa shape index (κ2) is 5.24. The number of carbonyl (C=O) groups excluding carboxylic acids is 2. The molecule has 0 aliphatic heterocycles. The lowest BCUT2D eigenvalue weighted by Crippen LogP contribution is -2.43. The van der Waals surface area contributed by atoms with Crippen LogP contribution in [-0.4, -0.2) is 16.7 Å². The van der Waals surface area contributed by atoms with Gasteiger partial charge >= 0.3 is 0 Å². The third-order valence-electron chi connectivity index (χ3n) is 6.93. The summed E-state index contributed by atoms with van der Waals surface area (Å²) in [5.41, 5.74) is 0.555. The van der Waals surface area contributed by atoms with E-state index in [2.05, 4.69) is 24.1 Å². The molecule has 2 fully saturated rings. The van der Waals surface area contributed by atoms with Crippen molar-refractivity contribution >= 4 is 28.2 Å². The molecule has 2 aromatic rings. The Hall–Kier alpha value is -2.01. The number of amides is 1. The fourth-order valence-corrected chi connectivity index (χ4v) is 5.36. The van der Waals surface area contributed by atoms with Crippen LogP contribution in [0.15, 0.2) is 35.7 Å². The van der Waals surface area contributed by atoms with Crippen LogP contribution in [-0.2, 0) is 9.59 Å². The van der Waals surface area contributed by atoms with Crippen LogP contribution in [0.1, 0.15) is 40.0 Å². The number of nitrogens with one attached hydrogen (secondary N) is 1. The quantitative estimate of drug-likeness (QED) is 0.881. The summed E-state index contributed by atoms with van der Waals surface area (Å²) in [6, 6.07) is 9.91. The van der Waals surface area contributed by atoms with Gasteiger partial charge in [-0.3, -0.25) is 9.59 Å². The first-order valence-electron chi connectivity index (χ1n) is 8.66. The zero-order valence-electron chi connectivity index (χ0n) is 14.8. The molecule has 1 aromatic heterocycles. The summed E-state index contributed by atoms with van der Waals surface area (Å²) in [5.74, 6) is 0.170. The van der Waals surface area contributed by atoms with Crippen LogP contribution >= 0.6 is 11.3 Å². The number of aromatic nitrogens is 1. The monoisotopic (exact) mass is 354 g/mol. The average molecular weight is 354 g/mol. The molecule has 2 aliphatic carbocycles. The van der Waals surface area contributed by atoms with Gasteiger partial charge in [0.15, 0.2) is 5.13 Å². The van der Waals surface area contributed by atoms with Crippen molar-refractivity contribution in [2.45, 2.75) is 40.0 Å². The number of fused-ring (bicyclic) bond motifs is 2. The topological polar surface area (TPSA) is 59.1 Å². The van der Waals surface area contributed by atoms with Crippen LogP contribution in [0.3, 0.4) is 0 Å². The molecular formula is C20H22N2O2S. The zero-order chi connectivity index (χ0) is 17.9. The highest BCUT2D eigenvalue weighted by Gasteiger charge is 2.72. The molecule has 0 radical (unpaired) electrons. The zero-order valence-corrected chi connectivity index (χ0v) is 15.6. The molecule has 2 atom stereocenters. The van der Waals surface area contributed by atoms with Crippen molar-refractivity contribution in [1.82, 2.24) is 4.98 Å². The van der Waals surface area contributed by atoms with Gasteiger partial charge in [0.2, 0.25) is 5.91 Å². The van der Waals surface area contributed by atoms with Crippen LogP contribution in [0.4, 0.5) is 5.13 Å². The van der Waals surface area contributed by atoms with E-state index in [1.807, 2.05) is 42.6 Å². The molecule has 4 rings (SSSR count). The first kappa shape index (κ1) is 16.5. The minimum absolute atomic E-state index is 0.0546. The summed E-state index contributed by atoms with van der Waals surface area (Å²) < 4.78 is 0. The molecule has 1 N–H and O–H groups in total. The molecule has 1 heterocycles. The SMILES string of the molecule is CC12CCC(C(=O)Nc3nc(-c4ccccc4)cs3)(CC1=O)C2(C)C. The van der Waals surface area contributed by atoms with Crippen molar-refractivity contribution in [2.75, 3.05) is 5.32 Å². The molecule has 5 heteroatoms. The summed E-state index contributed by atoms with van der Waals surface area (Å²) in [7, 11) is 0. The molecule has 130 valence electrons. The second-order valence-corrected chi connectivity index (χ2v) is 8.86. The number of benzene rings is 1. The maximum Gasteiger partial charge on any atom is 0.233 e. The Labute approximate surface area is 151 Å². The maximum atomic E-state index is 13.1. The summed E-state index contributed by atoms with van der Waals surface area (Å²) in [6.07, 6.45) is 1.91. The second-order valence-electron chi connectivity index (χ2n) is 8.00. The van der Waals surface area contributed by atoms with Gasteiger partial charge in [-0.1, -0.05) is 51.1 Å². The predicted octanol–water partition coefficient (Wildman–Crippen LogP) is 4.53. The van der Waals surface area contributed by atoms with Gasteiger partial charge < -0.3 is 5.32 Å². The van der Waals surface area contributed by atoms with Gasteiger partial charge in [-0.25, -0.2) is 4.98 Å². The van der Waals surface area contributed by atoms with Gasteiger partial charge in [-0.15, -0.1) is 11.3 Å². The number of rotatable bonds is 3. The van der Waals surface area contributed by atoms with Crippen molar-refractivity contribution in [1.29, 1.82) is 0 Å². The van der Waals surface area contributed by atoms with E-state index >= 15 is 0 Å². The van der Waals surface area contributed by atoms with Crippen molar-refractivity contribution < 1.29 is 9.59 Å². The lowest BCUT2D eigenvalue weighted by molar-refractivity contribution is -0.131. The summed E-state index contributed by atoms with van der Waals surface area (Å²) in [4.78, 5) is 30.2. The number of hydrogen-bond donors (Lipinski definition) is 1. The molecule has 2 bridgehead atoms. The summed E-state index contributed by atoms with van der Waals surface area (Å²) in [5, 5.41) is 5.55. The van der Waals surface area contributed by atoms with E-state index in [-0.39, 0.29) is 22.5 Å². The number of nitrogens with zero attached hydrogens (tertiary/aromatic N) is 1. The van der Waals surface area contributed by atoms with Crippen LogP contribution in [0, 0.1) is 16.2 Å². The molecular weight excluding hydrogens is 332 g/mol. The van der Waals surface area contributed by atoms with Crippen LogP contribution in [0.25, 0.3) is 11.3 Å². The Morgan fingerprint density at radius 3 is 2.48 bits per heavy atom. The fourth-order valence-electron chi connectivity index (χ4n) is 4.65. The van der Waals surface area contributed by atoms with E-state index in [9.17, 15) is 9.59 Å². The largest absolute Gasteiger partial charge is 0.301 e. The Bertz CT molecular complexity index is 858. The molecule has 0 spiro atoms. The Balaban J connectivity index is 1.60. The summed E-state index contributed by atoms with van der Waals surface area (Å²) >= 11 is 1.43. The highest BCUT2D eigenvalue weighted by atomic mass is 32.1. The van der Waals surface area contributed by atoms with Gasteiger partial charge in [-0.05, 0) is 18.3 Å². The Morgan fingerprint density at radius 1 is 1.16 bits per heavy atom.